The van der Waals surface area contributed by atoms with Crippen molar-refractivity contribution in [3.05, 3.63) is 257 Å². The molecule has 1 nitrogen and oxygen atoms in total. The number of fused-ring (bicyclic) bond motifs is 4. The number of hydrogen-bond acceptors (Lipinski definition) is 1. The number of nitrogens with zero attached hydrogens (tertiary/aromatic N) is 1. The summed E-state index contributed by atoms with van der Waals surface area (Å²) in [6.07, 6.45) is 2.29. The van der Waals surface area contributed by atoms with Crippen molar-refractivity contribution in [3.63, 3.8) is 0 Å². The molecule has 0 aromatic heterocycles. The molecule has 0 fully saturated rings. The van der Waals surface area contributed by atoms with Crippen molar-refractivity contribution in [1.29, 1.82) is 0 Å². The minimum atomic E-state index is -0.560. The molecule has 0 unspecified atom stereocenters. The first-order chi connectivity index (χ1) is 31.6. The largest absolute Gasteiger partial charge is 0.310 e. The minimum absolute atomic E-state index is 0.0300. The average Bonchev–Trinajstić information content (AvgIpc) is 3.64. The SMILES string of the molecule is Cc1ccc(-c2cc3c(cc2N(c2ccc(-c4ccccc4)cc2)c2ccc(-c4ccccc4)cc2)C(c2ccccc2)(c2ccccc2)c2ccccc2-3)c2c1C(C)(C)CCC2(C)C. The monoisotopic (exact) mass is 837 g/mol. The summed E-state index contributed by atoms with van der Waals surface area (Å²) >= 11 is 0. The molecule has 11 rings (SSSR count). The third kappa shape index (κ3) is 6.67. The van der Waals surface area contributed by atoms with Crippen LogP contribution in [0.1, 0.15) is 79.5 Å². The first-order valence-corrected chi connectivity index (χ1v) is 23.3. The van der Waals surface area contributed by atoms with Crippen LogP contribution in [0.4, 0.5) is 17.1 Å². The van der Waals surface area contributed by atoms with Gasteiger partial charge in [0.15, 0.2) is 0 Å². The third-order valence-electron chi connectivity index (χ3n) is 14.7. The van der Waals surface area contributed by atoms with Crippen molar-refractivity contribution in [2.45, 2.75) is 63.7 Å². The lowest BCUT2D eigenvalue weighted by atomic mass is 9.60. The molecule has 0 radical (unpaired) electrons. The Morgan fingerprint density at radius 1 is 0.354 bits per heavy atom. The fraction of sp³-hybridized carbons (Fsp3) is 0.156. The second kappa shape index (κ2) is 15.8. The van der Waals surface area contributed by atoms with Crippen molar-refractivity contribution in [1.82, 2.24) is 0 Å². The Kier molecular flexibility index (Phi) is 9.85. The Labute approximate surface area is 385 Å². The maximum Gasteiger partial charge on any atom is 0.0714 e. The quantitative estimate of drug-likeness (QED) is 0.147. The van der Waals surface area contributed by atoms with Crippen molar-refractivity contribution < 1.29 is 0 Å². The zero-order chi connectivity index (χ0) is 44.3. The topological polar surface area (TPSA) is 3.24 Å². The first kappa shape index (κ1) is 40.5. The van der Waals surface area contributed by atoms with Crippen molar-refractivity contribution in [3.8, 4) is 44.5 Å². The second-order valence-electron chi connectivity index (χ2n) is 19.6. The predicted octanol–water partition coefficient (Wildman–Crippen LogP) is 17.2. The fourth-order valence-electron chi connectivity index (χ4n) is 11.6. The minimum Gasteiger partial charge on any atom is -0.310 e. The van der Waals surface area contributed by atoms with Crippen molar-refractivity contribution in [2.75, 3.05) is 4.90 Å². The van der Waals surface area contributed by atoms with E-state index in [4.69, 9.17) is 0 Å². The number of rotatable bonds is 8. The van der Waals surface area contributed by atoms with Gasteiger partial charge in [-0.15, -0.1) is 0 Å². The summed E-state index contributed by atoms with van der Waals surface area (Å²) in [7, 11) is 0. The van der Waals surface area contributed by atoms with Gasteiger partial charge in [0.1, 0.15) is 0 Å². The lowest BCUT2D eigenvalue weighted by Gasteiger charge is -2.44. The van der Waals surface area contributed by atoms with Crippen LogP contribution in [0.2, 0.25) is 0 Å². The molecule has 0 heterocycles. The molecule has 0 aliphatic heterocycles. The van der Waals surface area contributed by atoms with Gasteiger partial charge in [0.25, 0.3) is 0 Å². The summed E-state index contributed by atoms with van der Waals surface area (Å²) in [6.45, 7) is 12.2. The van der Waals surface area contributed by atoms with Gasteiger partial charge in [-0.1, -0.05) is 210 Å². The maximum atomic E-state index is 2.58. The molecule has 2 aliphatic rings. The van der Waals surface area contributed by atoms with Crippen LogP contribution in [0.5, 0.6) is 0 Å². The van der Waals surface area contributed by atoms with E-state index in [0.29, 0.717) is 0 Å². The van der Waals surface area contributed by atoms with Crippen molar-refractivity contribution in [2.24, 2.45) is 0 Å². The molecule has 0 saturated heterocycles. The van der Waals surface area contributed by atoms with Gasteiger partial charge in [-0.2, -0.15) is 0 Å². The van der Waals surface area contributed by atoms with Gasteiger partial charge in [0.05, 0.1) is 11.1 Å². The van der Waals surface area contributed by atoms with Gasteiger partial charge in [-0.05, 0) is 145 Å². The summed E-state index contributed by atoms with van der Waals surface area (Å²) in [5.74, 6) is 0. The lowest BCUT2D eigenvalue weighted by Crippen LogP contribution is -2.35. The smallest absolute Gasteiger partial charge is 0.0714 e. The number of benzene rings is 9. The van der Waals surface area contributed by atoms with Gasteiger partial charge in [0.2, 0.25) is 0 Å². The molecule has 0 atom stereocenters. The van der Waals surface area contributed by atoms with E-state index in [0.717, 1.165) is 29.9 Å². The van der Waals surface area contributed by atoms with Gasteiger partial charge in [-0.25, -0.2) is 0 Å². The molecular weight excluding hydrogens is 783 g/mol. The molecule has 65 heavy (non-hydrogen) atoms. The fourth-order valence-corrected chi connectivity index (χ4v) is 11.6. The van der Waals surface area contributed by atoms with E-state index in [-0.39, 0.29) is 10.8 Å². The highest BCUT2D eigenvalue weighted by atomic mass is 15.1. The van der Waals surface area contributed by atoms with Crippen molar-refractivity contribution >= 4 is 17.1 Å². The highest BCUT2D eigenvalue weighted by Gasteiger charge is 2.47. The Bertz CT molecular complexity index is 3040. The number of anilines is 3. The van der Waals surface area contributed by atoms with Gasteiger partial charge < -0.3 is 4.90 Å². The summed E-state index contributed by atoms with van der Waals surface area (Å²) in [5, 5.41) is 0. The van der Waals surface area contributed by atoms with E-state index in [9.17, 15) is 0 Å². The highest BCUT2D eigenvalue weighted by molar-refractivity contribution is 5.98. The van der Waals surface area contributed by atoms with Gasteiger partial charge in [0, 0.05) is 16.9 Å². The molecule has 0 amide bonds. The van der Waals surface area contributed by atoms with E-state index in [1.54, 1.807) is 0 Å². The van der Waals surface area contributed by atoms with E-state index in [1.165, 1.54) is 83.5 Å². The van der Waals surface area contributed by atoms with E-state index in [2.05, 4.69) is 258 Å². The molecule has 9 aromatic carbocycles. The third-order valence-corrected chi connectivity index (χ3v) is 14.7. The van der Waals surface area contributed by atoms with Gasteiger partial charge >= 0.3 is 0 Å². The standard InChI is InChI=1S/C64H55N/c1-44-30-39-54(61-60(44)62(2,3)40-41-63(61,4)5)56-42-55-53-28-18-19-29-57(53)64(49-24-14-8-15-25-49,50-26-16-9-17-27-50)58(55)43-59(56)65(51-35-31-47(32-36-51)45-20-10-6-11-21-45)52-37-33-48(34-38-52)46-22-12-7-13-23-46/h6-39,42-43H,40-41H2,1-5H3. The molecule has 1 heteroatoms. The molecular formula is C64H55N. The summed E-state index contributed by atoms with van der Waals surface area (Å²) in [4.78, 5) is 2.54. The zero-order valence-corrected chi connectivity index (χ0v) is 38.1. The highest BCUT2D eigenvalue weighted by Crippen LogP contribution is 2.60. The Morgan fingerprint density at radius 2 is 0.800 bits per heavy atom. The van der Waals surface area contributed by atoms with Crippen LogP contribution in [0.3, 0.4) is 0 Å². The predicted molar refractivity (Wildman–Crippen MR) is 275 cm³/mol. The van der Waals surface area contributed by atoms with E-state index in [1.807, 2.05) is 0 Å². The van der Waals surface area contributed by atoms with Gasteiger partial charge in [-0.3, -0.25) is 0 Å². The Balaban J connectivity index is 1.26. The molecule has 0 saturated carbocycles. The molecule has 0 bridgehead atoms. The molecule has 9 aromatic rings. The normalized spacial score (nSPS) is 15.1. The van der Waals surface area contributed by atoms with E-state index < -0.39 is 5.41 Å². The number of hydrogen-bond donors (Lipinski definition) is 0. The van der Waals surface area contributed by atoms with Crippen LogP contribution in [-0.4, -0.2) is 0 Å². The average molecular weight is 838 g/mol. The van der Waals surface area contributed by atoms with Crippen LogP contribution in [0.25, 0.3) is 44.5 Å². The summed E-state index contributed by atoms with van der Waals surface area (Å²) in [6, 6.07) is 81.4. The maximum absolute atomic E-state index is 2.58. The van der Waals surface area contributed by atoms with Crippen LogP contribution in [0, 0.1) is 6.92 Å². The zero-order valence-electron chi connectivity index (χ0n) is 38.1. The molecule has 2 aliphatic carbocycles. The lowest BCUT2D eigenvalue weighted by molar-refractivity contribution is 0.331. The first-order valence-electron chi connectivity index (χ1n) is 23.3. The second-order valence-corrected chi connectivity index (χ2v) is 19.6. The molecule has 316 valence electrons. The van der Waals surface area contributed by atoms with E-state index >= 15 is 0 Å². The van der Waals surface area contributed by atoms with Crippen LogP contribution >= 0.6 is 0 Å². The Morgan fingerprint density at radius 3 is 1.32 bits per heavy atom. The summed E-state index contributed by atoms with van der Waals surface area (Å²) in [5.41, 5.74) is 22.3. The summed E-state index contributed by atoms with van der Waals surface area (Å²) < 4.78 is 0. The Hall–Kier alpha value is -7.22. The number of aryl methyl sites for hydroxylation is 1. The van der Waals surface area contributed by atoms with Crippen LogP contribution < -0.4 is 4.90 Å². The van der Waals surface area contributed by atoms with Crippen LogP contribution in [-0.2, 0) is 16.2 Å². The molecule has 0 N–H and O–H groups in total. The molecule has 0 spiro atoms. The van der Waals surface area contributed by atoms with Crippen LogP contribution in [0.15, 0.2) is 218 Å².